The third-order valence-corrected chi connectivity index (χ3v) is 4.15. The zero-order valence-corrected chi connectivity index (χ0v) is 10.8. The van der Waals surface area contributed by atoms with Crippen LogP contribution in [0.5, 0.6) is 0 Å². The molecule has 100 valence electrons. The number of anilines is 1. The summed E-state index contributed by atoms with van der Waals surface area (Å²) in [5, 5.41) is 0.873. The van der Waals surface area contributed by atoms with E-state index in [1.165, 1.54) is 17.0 Å². The molecule has 0 aromatic heterocycles. The normalized spacial score (nSPS) is 16.8. The minimum absolute atomic E-state index is 0.0338. The van der Waals surface area contributed by atoms with Crippen LogP contribution in [0, 0.1) is 0 Å². The maximum absolute atomic E-state index is 12.0. The molecule has 2 amide bonds. The minimum Gasteiger partial charge on any atom is -0.370 e. The lowest BCUT2D eigenvalue weighted by molar-refractivity contribution is -0.118. The molecule has 0 spiro atoms. The smallest absolute Gasteiger partial charge is 0.251 e. The standard InChI is InChI=1S/C12H12N2O4S/c13-11(15)5-7-14-9-3-1-2-4-10(9)19(17,18)8-6-12(14)16/h1-4,6,8H,5,7H2,(H2,13,15). The van der Waals surface area contributed by atoms with Crippen molar-refractivity contribution in [1.29, 1.82) is 0 Å². The molecule has 1 aromatic rings. The van der Waals surface area contributed by atoms with E-state index in [0.717, 1.165) is 11.5 Å². The Morgan fingerprint density at radius 3 is 2.63 bits per heavy atom. The zero-order chi connectivity index (χ0) is 14.0. The molecule has 7 heteroatoms. The molecular weight excluding hydrogens is 268 g/mol. The Bertz CT molecular complexity index is 664. The van der Waals surface area contributed by atoms with E-state index in [-0.39, 0.29) is 23.5 Å². The van der Waals surface area contributed by atoms with E-state index in [4.69, 9.17) is 5.73 Å². The molecule has 1 aliphatic heterocycles. The molecule has 0 bridgehead atoms. The van der Waals surface area contributed by atoms with Gasteiger partial charge in [-0.2, -0.15) is 0 Å². The number of benzene rings is 1. The quantitative estimate of drug-likeness (QED) is 0.855. The van der Waals surface area contributed by atoms with Crippen LogP contribution in [0.2, 0.25) is 0 Å². The van der Waals surface area contributed by atoms with Crippen molar-refractivity contribution in [3.05, 3.63) is 35.7 Å². The molecule has 0 atom stereocenters. The first-order valence-corrected chi connectivity index (χ1v) is 7.08. The van der Waals surface area contributed by atoms with Crippen LogP contribution < -0.4 is 10.6 Å². The summed E-state index contributed by atoms with van der Waals surface area (Å²) in [5.41, 5.74) is 5.32. The summed E-state index contributed by atoms with van der Waals surface area (Å²) in [6.07, 6.45) is 0.949. The Kier molecular flexibility index (Phi) is 3.39. The molecule has 2 N–H and O–H groups in total. The Labute approximate surface area is 110 Å². The molecule has 1 aliphatic rings. The zero-order valence-electron chi connectivity index (χ0n) is 9.94. The van der Waals surface area contributed by atoms with Crippen LogP contribution in [0.1, 0.15) is 6.42 Å². The van der Waals surface area contributed by atoms with Crippen molar-refractivity contribution in [3.8, 4) is 0 Å². The van der Waals surface area contributed by atoms with E-state index in [2.05, 4.69) is 0 Å². The maximum atomic E-state index is 12.0. The van der Waals surface area contributed by atoms with Gasteiger partial charge in [0, 0.05) is 24.4 Å². The number of rotatable bonds is 3. The molecule has 0 saturated carbocycles. The summed E-state index contributed by atoms with van der Waals surface area (Å²) in [7, 11) is -3.64. The topological polar surface area (TPSA) is 97.5 Å². The van der Waals surface area contributed by atoms with Gasteiger partial charge in [0.15, 0.2) is 0 Å². The van der Waals surface area contributed by atoms with Gasteiger partial charge in [0.25, 0.3) is 5.91 Å². The summed E-state index contributed by atoms with van der Waals surface area (Å²) in [4.78, 5) is 24.0. The van der Waals surface area contributed by atoms with Crippen LogP contribution in [-0.4, -0.2) is 26.8 Å². The van der Waals surface area contributed by atoms with Gasteiger partial charge in [-0.3, -0.25) is 9.59 Å². The molecule has 0 aliphatic carbocycles. The minimum atomic E-state index is -3.64. The Morgan fingerprint density at radius 2 is 1.95 bits per heavy atom. The van der Waals surface area contributed by atoms with Gasteiger partial charge in [-0.15, -0.1) is 0 Å². The molecular formula is C12H12N2O4S. The number of carbonyl (C=O) groups is 2. The number of sulfone groups is 1. The highest BCUT2D eigenvalue weighted by Crippen LogP contribution is 2.29. The molecule has 0 saturated heterocycles. The van der Waals surface area contributed by atoms with Crippen molar-refractivity contribution < 1.29 is 18.0 Å². The fourth-order valence-corrected chi connectivity index (χ4v) is 2.98. The van der Waals surface area contributed by atoms with Crippen molar-refractivity contribution in [2.75, 3.05) is 11.4 Å². The number of hydrogen-bond donors (Lipinski definition) is 1. The molecule has 1 heterocycles. The summed E-state index contributed by atoms with van der Waals surface area (Å²) in [6.45, 7) is 0.0467. The average Bonchev–Trinajstić information content (AvgIpc) is 2.45. The lowest BCUT2D eigenvalue weighted by Crippen LogP contribution is -2.32. The van der Waals surface area contributed by atoms with Gasteiger partial charge in [-0.1, -0.05) is 12.1 Å². The number of carbonyl (C=O) groups excluding carboxylic acids is 2. The van der Waals surface area contributed by atoms with Gasteiger partial charge in [-0.25, -0.2) is 8.42 Å². The second-order valence-electron chi connectivity index (χ2n) is 4.02. The molecule has 0 radical (unpaired) electrons. The number of primary amides is 1. The monoisotopic (exact) mass is 280 g/mol. The van der Waals surface area contributed by atoms with Gasteiger partial charge in [0.05, 0.1) is 10.6 Å². The Morgan fingerprint density at radius 1 is 1.26 bits per heavy atom. The highest BCUT2D eigenvalue weighted by atomic mass is 32.2. The number of amides is 2. The van der Waals surface area contributed by atoms with Crippen molar-refractivity contribution in [2.24, 2.45) is 5.73 Å². The number of para-hydroxylation sites is 1. The summed E-state index contributed by atoms with van der Waals surface area (Å²) < 4.78 is 23.9. The summed E-state index contributed by atoms with van der Waals surface area (Å²) in [6, 6.07) is 6.15. The SMILES string of the molecule is NC(=O)CCN1C(=O)C=CS(=O)(=O)c2ccccc21. The number of hydrogen-bond acceptors (Lipinski definition) is 4. The lowest BCUT2D eigenvalue weighted by Gasteiger charge is -2.21. The van der Waals surface area contributed by atoms with E-state index in [9.17, 15) is 18.0 Å². The van der Waals surface area contributed by atoms with Crippen molar-refractivity contribution in [3.63, 3.8) is 0 Å². The van der Waals surface area contributed by atoms with E-state index in [1.807, 2.05) is 0 Å². The summed E-state index contributed by atoms with van der Waals surface area (Å²) in [5.74, 6) is -1.05. The van der Waals surface area contributed by atoms with Crippen molar-refractivity contribution in [2.45, 2.75) is 11.3 Å². The largest absolute Gasteiger partial charge is 0.370 e. The molecule has 6 nitrogen and oxygen atoms in total. The molecule has 0 fully saturated rings. The van der Waals surface area contributed by atoms with E-state index in [1.54, 1.807) is 12.1 Å². The fraction of sp³-hybridized carbons (Fsp3) is 0.167. The van der Waals surface area contributed by atoms with Crippen molar-refractivity contribution >= 4 is 27.3 Å². The second-order valence-corrected chi connectivity index (χ2v) is 5.82. The first kappa shape index (κ1) is 13.3. The third kappa shape index (κ3) is 2.65. The fourth-order valence-electron chi connectivity index (χ4n) is 1.80. The van der Waals surface area contributed by atoms with Crippen LogP contribution in [0.4, 0.5) is 5.69 Å². The number of nitrogens with zero attached hydrogens (tertiary/aromatic N) is 1. The first-order chi connectivity index (χ1) is 8.92. The number of nitrogens with two attached hydrogens (primary N) is 1. The van der Waals surface area contributed by atoms with Gasteiger partial charge in [0.2, 0.25) is 15.7 Å². The van der Waals surface area contributed by atoms with Gasteiger partial charge >= 0.3 is 0 Å². The molecule has 0 unspecified atom stereocenters. The van der Waals surface area contributed by atoms with E-state index < -0.39 is 21.7 Å². The second kappa shape index (κ2) is 4.85. The van der Waals surface area contributed by atoms with Crippen LogP contribution in [0.15, 0.2) is 40.6 Å². The predicted molar refractivity (Wildman–Crippen MR) is 68.9 cm³/mol. The lowest BCUT2D eigenvalue weighted by atomic mass is 10.2. The molecule has 2 rings (SSSR count). The molecule has 1 aromatic carbocycles. The van der Waals surface area contributed by atoms with E-state index >= 15 is 0 Å². The van der Waals surface area contributed by atoms with Gasteiger partial charge in [0.1, 0.15) is 0 Å². The summed E-state index contributed by atoms with van der Waals surface area (Å²) >= 11 is 0. The van der Waals surface area contributed by atoms with Crippen molar-refractivity contribution in [1.82, 2.24) is 0 Å². The van der Waals surface area contributed by atoms with E-state index in [0.29, 0.717) is 0 Å². The first-order valence-electron chi connectivity index (χ1n) is 5.54. The average molecular weight is 280 g/mol. The van der Waals surface area contributed by atoms with Crippen LogP contribution in [0.3, 0.4) is 0 Å². The Hall–Kier alpha value is -2.15. The highest BCUT2D eigenvalue weighted by Gasteiger charge is 2.26. The Balaban J connectivity index is 2.52. The van der Waals surface area contributed by atoms with Gasteiger partial charge < -0.3 is 10.6 Å². The van der Waals surface area contributed by atoms with Crippen LogP contribution in [-0.2, 0) is 19.4 Å². The van der Waals surface area contributed by atoms with Crippen LogP contribution >= 0.6 is 0 Å². The predicted octanol–water partition coefficient (Wildman–Crippen LogP) is 0.196. The third-order valence-electron chi connectivity index (χ3n) is 2.70. The number of fused-ring (bicyclic) bond motifs is 1. The van der Waals surface area contributed by atoms with Gasteiger partial charge in [-0.05, 0) is 12.1 Å². The molecule has 19 heavy (non-hydrogen) atoms. The van der Waals surface area contributed by atoms with Crippen LogP contribution in [0.25, 0.3) is 0 Å². The highest BCUT2D eigenvalue weighted by molar-refractivity contribution is 7.94. The maximum Gasteiger partial charge on any atom is 0.251 e.